The molecule has 0 aromatic heterocycles. The number of carbonyl (C=O) groups is 2. The number of likely N-dealkylation sites (tertiary alicyclic amines) is 1. The zero-order valence-corrected chi connectivity index (χ0v) is 20.4. The maximum atomic E-state index is 12.4. The SMILES string of the molecule is Cc1cc(NC(=O)c2ccc(Cl)cc2)ccc1N1CCC(N2CCCC2C)C1.O=C(O)C(F)(F)F. The Balaban J connectivity index is 0.000000429. The summed E-state index contributed by atoms with van der Waals surface area (Å²) >= 11 is 5.90. The standard InChI is InChI=1S/C23H28ClN3O.C2HF3O2/c1-16-14-20(25-23(28)18-5-7-19(24)8-6-18)9-10-22(16)26-13-11-21(15-26)27-12-3-4-17(27)2;3-2(4,5)1(6)7/h5-10,14,17,21H,3-4,11-13,15H2,1-2H3,(H,25,28);(H,6,7). The van der Waals surface area contributed by atoms with E-state index >= 15 is 0 Å². The van der Waals surface area contributed by atoms with E-state index in [9.17, 15) is 18.0 Å². The molecule has 2 unspecified atom stereocenters. The predicted octanol–water partition coefficient (Wildman–Crippen LogP) is 5.60. The highest BCUT2D eigenvalue weighted by atomic mass is 35.5. The number of aryl methyl sites for hydroxylation is 1. The van der Waals surface area contributed by atoms with E-state index in [-0.39, 0.29) is 5.91 Å². The zero-order valence-electron chi connectivity index (χ0n) is 19.6. The van der Waals surface area contributed by atoms with Gasteiger partial charge in [-0.25, -0.2) is 4.79 Å². The van der Waals surface area contributed by atoms with Crippen LogP contribution in [-0.4, -0.2) is 59.8 Å². The third-order valence-electron chi connectivity index (χ3n) is 6.38. The first-order valence-electron chi connectivity index (χ1n) is 11.4. The summed E-state index contributed by atoms with van der Waals surface area (Å²) in [5.41, 5.74) is 3.90. The topological polar surface area (TPSA) is 72.9 Å². The van der Waals surface area contributed by atoms with Gasteiger partial charge in [0.2, 0.25) is 0 Å². The average Bonchev–Trinajstić information content (AvgIpc) is 3.43. The van der Waals surface area contributed by atoms with Crippen molar-refractivity contribution in [2.75, 3.05) is 29.9 Å². The smallest absolute Gasteiger partial charge is 0.475 e. The molecule has 10 heteroatoms. The first kappa shape index (κ1) is 26.8. The molecule has 2 N–H and O–H groups in total. The number of anilines is 2. The van der Waals surface area contributed by atoms with Gasteiger partial charge in [0.05, 0.1) is 0 Å². The van der Waals surface area contributed by atoms with Crippen LogP contribution in [0.4, 0.5) is 24.5 Å². The first-order chi connectivity index (χ1) is 16.5. The van der Waals surface area contributed by atoms with Crippen LogP contribution < -0.4 is 10.2 Å². The van der Waals surface area contributed by atoms with Crippen LogP contribution in [0.15, 0.2) is 42.5 Å². The maximum Gasteiger partial charge on any atom is 0.490 e. The quantitative estimate of drug-likeness (QED) is 0.559. The summed E-state index contributed by atoms with van der Waals surface area (Å²) in [6, 6.07) is 14.5. The van der Waals surface area contributed by atoms with E-state index in [0.29, 0.717) is 16.6 Å². The highest BCUT2D eigenvalue weighted by molar-refractivity contribution is 6.30. The fourth-order valence-corrected chi connectivity index (χ4v) is 4.75. The minimum absolute atomic E-state index is 0.118. The van der Waals surface area contributed by atoms with Gasteiger partial charge < -0.3 is 15.3 Å². The number of carbonyl (C=O) groups excluding carboxylic acids is 1. The summed E-state index contributed by atoms with van der Waals surface area (Å²) < 4.78 is 31.7. The Kier molecular flexibility index (Phi) is 8.66. The Morgan fingerprint density at radius 3 is 2.29 bits per heavy atom. The third-order valence-corrected chi connectivity index (χ3v) is 6.63. The van der Waals surface area contributed by atoms with Crippen molar-refractivity contribution in [1.82, 2.24) is 4.90 Å². The summed E-state index contributed by atoms with van der Waals surface area (Å²) in [5, 5.41) is 10.7. The van der Waals surface area contributed by atoms with E-state index in [1.165, 1.54) is 37.1 Å². The second kappa shape index (κ2) is 11.3. The molecule has 2 heterocycles. The molecule has 0 radical (unpaired) electrons. The minimum Gasteiger partial charge on any atom is -0.475 e. The predicted molar refractivity (Wildman–Crippen MR) is 130 cm³/mol. The van der Waals surface area contributed by atoms with Crippen molar-refractivity contribution in [2.45, 2.75) is 51.4 Å². The molecule has 2 aliphatic rings. The lowest BCUT2D eigenvalue weighted by Gasteiger charge is -2.29. The fraction of sp³-hybridized carbons (Fsp3) is 0.440. The van der Waals surface area contributed by atoms with Crippen LogP contribution in [0.25, 0.3) is 0 Å². The highest BCUT2D eigenvalue weighted by Gasteiger charge is 2.38. The molecule has 0 aliphatic carbocycles. The van der Waals surface area contributed by atoms with E-state index in [1.54, 1.807) is 24.3 Å². The van der Waals surface area contributed by atoms with Gasteiger partial charge in [0.25, 0.3) is 5.91 Å². The zero-order chi connectivity index (χ0) is 25.8. The number of hydrogen-bond acceptors (Lipinski definition) is 4. The van der Waals surface area contributed by atoms with Gasteiger partial charge in [-0.1, -0.05) is 11.6 Å². The lowest BCUT2D eigenvalue weighted by molar-refractivity contribution is -0.192. The number of aliphatic carboxylic acids is 1. The Hall–Kier alpha value is -2.78. The molecule has 2 fully saturated rings. The second-order valence-corrected chi connectivity index (χ2v) is 9.32. The van der Waals surface area contributed by atoms with E-state index in [4.69, 9.17) is 21.5 Å². The van der Waals surface area contributed by atoms with E-state index in [2.05, 4.69) is 41.1 Å². The van der Waals surface area contributed by atoms with Gasteiger partial charge in [-0.05, 0) is 87.7 Å². The van der Waals surface area contributed by atoms with Crippen LogP contribution in [0.3, 0.4) is 0 Å². The minimum atomic E-state index is -5.08. The summed E-state index contributed by atoms with van der Waals surface area (Å²) in [6.45, 7) is 7.93. The number of nitrogens with zero attached hydrogens (tertiary/aromatic N) is 2. The molecule has 0 saturated carbocycles. The lowest BCUT2D eigenvalue weighted by Crippen LogP contribution is -2.39. The van der Waals surface area contributed by atoms with Gasteiger partial charge in [-0.15, -0.1) is 0 Å². The first-order valence-corrected chi connectivity index (χ1v) is 11.8. The van der Waals surface area contributed by atoms with Gasteiger partial charge in [0.15, 0.2) is 0 Å². The summed E-state index contributed by atoms with van der Waals surface area (Å²) in [6.07, 6.45) is -1.19. The molecule has 190 valence electrons. The summed E-state index contributed by atoms with van der Waals surface area (Å²) in [7, 11) is 0. The maximum absolute atomic E-state index is 12.4. The van der Waals surface area contributed by atoms with Gasteiger partial charge in [0.1, 0.15) is 0 Å². The molecule has 6 nitrogen and oxygen atoms in total. The Bertz CT molecular complexity index is 1050. The molecular weight excluding hydrogens is 483 g/mol. The summed E-state index contributed by atoms with van der Waals surface area (Å²) in [4.78, 5) is 26.5. The number of amides is 1. The third kappa shape index (κ3) is 7.11. The van der Waals surface area contributed by atoms with Crippen LogP contribution in [0.5, 0.6) is 0 Å². The van der Waals surface area contributed by atoms with Gasteiger partial charge in [-0.2, -0.15) is 13.2 Å². The molecular formula is C25H29ClF3N3O3. The van der Waals surface area contributed by atoms with Crippen molar-refractivity contribution >= 4 is 34.9 Å². The van der Waals surface area contributed by atoms with E-state index in [1.807, 2.05) is 6.07 Å². The molecule has 2 aliphatic heterocycles. The number of carboxylic acid groups (broad SMARTS) is 1. The molecule has 4 rings (SSSR count). The van der Waals surface area contributed by atoms with Crippen molar-refractivity contribution in [3.8, 4) is 0 Å². The fourth-order valence-electron chi connectivity index (χ4n) is 4.62. The Morgan fingerprint density at radius 2 is 1.74 bits per heavy atom. The van der Waals surface area contributed by atoms with E-state index in [0.717, 1.165) is 24.8 Å². The number of rotatable bonds is 4. The molecule has 2 aromatic carbocycles. The molecule has 0 bridgehead atoms. The van der Waals surface area contributed by atoms with Crippen molar-refractivity contribution in [3.05, 3.63) is 58.6 Å². The van der Waals surface area contributed by atoms with Crippen LogP contribution in [0.2, 0.25) is 5.02 Å². The number of alkyl halides is 3. The van der Waals surface area contributed by atoms with Gasteiger partial charge in [-0.3, -0.25) is 9.69 Å². The molecule has 35 heavy (non-hydrogen) atoms. The number of nitrogens with one attached hydrogen (secondary N) is 1. The van der Waals surface area contributed by atoms with Gasteiger partial charge in [0, 0.05) is 47.1 Å². The van der Waals surface area contributed by atoms with Crippen LogP contribution in [-0.2, 0) is 4.79 Å². The van der Waals surface area contributed by atoms with Crippen molar-refractivity contribution in [1.29, 1.82) is 0 Å². The number of carboxylic acids is 1. The number of hydrogen-bond donors (Lipinski definition) is 2. The van der Waals surface area contributed by atoms with Crippen molar-refractivity contribution < 1.29 is 27.9 Å². The second-order valence-electron chi connectivity index (χ2n) is 8.88. The van der Waals surface area contributed by atoms with Crippen molar-refractivity contribution in [3.63, 3.8) is 0 Å². The monoisotopic (exact) mass is 511 g/mol. The molecule has 0 spiro atoms. The van der Waals surface area contributed by atoms with Crippen LogP contribution >= 0.6 is 11.6 Å². The average molecular weight is 512 g/mol. The van der Waals surface area contributed by atoms with Gasteiger partial charge >= 0.3 is 12.1 Å². The van der Waals surface area contributed by atoms with Crippen LogP contribution in [0, 0.1) is 6.92 Å². The summed E-state index contributed by atoms with van der Waals surface area (Å²) in [5.74, 6) is -2.87. The number of benzene rings is 2. The normalized spacial score (nSPS) is 20.3. The van der Waals surface area contributed by atoms with Crippen LogP contribution in [0.1, 0.15) is 42.1 Å². The molecule has 2 atom stereocenters. The molecule has 1 amide bonds. The number of halogens is 4. The lowest BCUT2D eigenvalue weighted by atomic mass is 10.1. The van der Waals surface area contributed by atoms with Crippen molar-refractivity contribution in [2.24, 2.45) is 0 Å². The van der Waals surface area contributed by atoms with E-state index < -0.39 is 12.1 Å². The highest BCUT2D eigenvalue weighted by Crippen LogP contribution is 2.31. The molecule has 2 aromatic rings. The Morgan fingerprint density at radius 1 is 1.09 bits per heavy atom. The largest absolute Gasteiger partial charge is 0.490 e. The molecule has 2 saturated heterocycles. The Labute approximate surface area is 207 Å².